The normalized spacial score (nSPS) is 10.8. The van der Waals surface area contributed by atoms with Crippen LogP contribution in [0.1, 0.15) is 22.3 Å². The van der Waals surface area contributed by atoms with Crippen LogP contribution in [0.2, 0.25) is 0 Å². The lowest BCUT2D eigenvalue weighted by atomic mass is 9.98. The summed E-state index contributed by atoms with van der Waals surface area (Å²) in [7, 11) is 0. The van der Waals surface area contributed by atoms with Crippen LogP contribution in [0, 0.1) is 13.8 Å². The fourth-order valence-electron chi connectivity index (χ4n) is 2.51. The summed E-state index contributed by atoms with van der Waals surface area (Å²) in [5.74, 6) is 0.684. The maximum atomic E-state index is 5.34. The van der Waals surface area contributed by atoms with Crippen LogP contribution in [-0.2, 0) is 12.8 Å². The number of benzene rings is 2. The average Bonchev–Trinajstić information content (AvgIpc) is 3.02. The van der Waals surface area contributed by atoms with E-state index in [2.05, 4.69) is 61.3 Å². The van der Waals surface area contributed by atoms with E-state index in [4.69, 9.17) is 4.42 Å². The molecule has 2 heteroatoms. The minimum Gasteiger partial charge on any atom is -0.445 e. The first kappa shape index (κ1) is 13.6. The van der Waals surface area contributed by atoms with E-state index in [-0.39, 0.29) is 0 Å². The summed E-state index contributed by atoms with van der Waals surface area (Å²) in [6.07, 6.45) is 5.41. The summed E-state index contributed by atoms with van der Waals surface area (Å²) in [6.45, 7) is 4.27. The van der Waals surface area contributed by atoms with E-state index in [1.165, 1.54) is 22.3 Å². The molecule has 3 rings (SSSR count). The van der Waals surface area contributed by atoms with Crippen molar-refractivity contribution < 1.29 is 4.42 Å². The van der Waals surface area contributed by atoms with Crippen molar-refractivity contribution in [1.82, 2.24) is 4.98 Å². The minimum atomic E-state index is 0.684. The first-order chi connectivity index (χ1) is 10.2. The van der Waals surface area contributed by atoms with Crippen molar-refractivity contribution in [3.8, 4) is 11.5 Å². The van der Waals surface area contributed by atoms with Crippen molar-refractivity contribution in [1.29, 1.82) is 0 Å². The summed E-state index contributed by atoms with van der Waals surface area (Å²) in [4.78, 5) is 4.19. The predicted octanol–water partition coefficient (Wildman–Crippen LogP) is 4.74. The van der Waals surface area contributed by atoms with Gasteiger partial charge < -0.3 is 4.42 Å². The van der Waals surface area contributed by atoms with Gasteiger partial charge in [0, 0.05) is 5.56 Å². The Kier molecular flexibility index (Phi) is 3.87. The third kappa shape index (κ3) is 3.22. The maximum Gasteiger partial charge on any atom is 0.225 e. The van der Waals surface area contributed by atoms with Gasteiger partial charge in [-0.2, -0.15) is 0 Å². The molecule has 0 saturated carbocycles. The minimum absolute atomic E-state index is 0.684. The number of nitrogens with zero attached hydrogens (tertiary/aromatic N) is 1. The Morgan fingerprint density at radius 3 is 2.43 bits per heavy atom. The van der Waals surface area contributed by atoms with Gasteiger partial charge in [0.15, 0.2) is 0 Å². The molecule has 21 heavy (non-hydrogen) atoms. The Balaban J connectivity index is 1.73. The second-order valence-corrected chi connectivity index (χ2v) is 5.46. The number of hydrogen-bond donors (Lipinski definition) is 0. The lowest BCUT2D eigenvalue weighted by Gasteiger charge is -2.08. The van der Waals surface area contributed by atoms with E-state index in [1.54, 1.807) is 12.5 Å². The van der Waals surface area contributed by atoms with Crippen LogP contribution >= 0.6 is 0 Å². The van der Waals surface area contributed by atoms with Gasteiger partial charge in [0.2, 0.25) is 5.89 Å². The van der Waals surface area contributed by atoms with Crippen molar-refractivity contribution in [2.24, 2.45) is 0 Å². The van der Waals surface area contributed by atoms with Gasteiger partial charge in [-0.1, -0.05) is 35.9 Å². The molecule has 0 aliphatic rings. The Morgan fingerprint density at radius 1 is 0.952 bits per heavy atom. The second-order valence-electron chi connectivity index (χ2n) is 5.46. The van der Waals surface area contributed by atoms with Crippen LogP contribution in [0.25, 0.3) is 11.5 Å². The van der Waals surface area contributed by atoms with Gasteiger partial charge in [-0.15, -0.1) is 0 Å². The fraction of sp³-hybridized carbons (Fsp3) is 0.211. The molecule has 0 saturated heterocycles. The molecule has 3 aromatic rings. The third-order valence-corrected chi connectivity index (χ3v) is 3.83. The fourth-order valence-corrected chi connectivity index (χ4v) is 2.51. The molecule has 1 aromatic heterocycles. The molecule has 2 nitrogen and oxygen atoms in total. The molecule has 0 unspecified atom stereocenters. The van der Waals surface area contributed by atoms with Crippen LogP contribution in [0.15, 0.2) is 59.3 Å². The summed E-state index contributed by atoms with van der Waals surface area (Å²) < 4.78 is 5.34. The summed E-state index contributed by atoms with van der Waals surface area (Å²) in [5.41, 5.74) is 6.40. The average molecular weight is 277 g/mol. The van der Waals surface area contributed by atoms with Gasteiger partial charge >= 0.3 is 0 Å². The molecule has 0 atom stereocenters. The van der Waals surface area contributed by atoms with Crippen LogP contribution < -0.4 is 0 Å². The Morgan fingerprint density at radius 2 is 1.76 bits per heavy atom. The second kappa shape index (κ2) is 5.96. The summed E-state index contributed by atoms with van der Waals surface area (Å²) in [6, 6.07) is 15.2. The molecule has 2 aromatic carbocycles. The van der Waals surface area contributed by atoms with E-state index >= 15 is 0 Å². The number of aromatic nitrogens is 1. The number of oxazole rings is 1. The molecule has 0 bridgehead atoms. The van der Waals surface area contributed by atoms with Crippen LogP contribution in [0.3, 0.4) is 0 Å². The maximum absolute atomic E-state index is 5.34. The number of rotatable bonds is 4. The van der Waals surface area contributed by atoms with Gasteiger partial charge in [-0.25, -0.2) is 4.98 Å². The Hall–Kier alpha value is -2.35. The zero-order valence-corrected chi connectivity index (χ0v) is 12.5. The number of hydrogen-bond acceptors (Lipinski definition) is 2. The molecule has 0 fully saturated rings. The Bertz CT molecular complexity index is 712. The monoisotopic (exact) mass is 277 g/mol. The van der Waals surface area contributed by atoms with Crippen molar-refractivity contribution in [2.75, 3.05) is 0 Å². The highest BCUT2D eigenvalue weighted by Gasteiger charge is 2.05. The third-order valence-electron chi connectivity index (χ3n) is 3.83. The van der Waals surface area contributed by atoms with Gasteiger partial charge in [-0.05, 0) is 55.5 Å². The van der Waals surface area contributed by atoms with Crippen molar-refractivity contribution in [3.05, 3.63) is 77.2 Å². The predicted molar refractivity (Wildman–Crippen MR) is 85.3 cm³/mol. The van der Waals surface area contributed by atoms with E-state index in [1.807, 2.05) is 0 Å². The van der Waals surface area contributed by atoms with Crippen molar-refractivity contribution in [3.63, 3.8) is 0 Å². The molecule has 106 valence electrons. The van der Waals surface area contributed by atoms with E-state index in [0.717, 1.165) is 18.4 Å². The SMILES string of the molecule is Cc1ccc(CCc2ccc(-c3ncco3)cc2C)cc1. The molecule has 0 aliphatic carbocycles. The first-order valence-electron chi connectivity index (χ1n) is 7.27. The van der Waals surface area contributed by atoms with Gasteiger partial charge in [0.1, 0.15) is 6.26 Å². The zero-order chi connectivity index (χ0) is 14.7. The van der Waals surface area contributed by atoms with Crippen molar-refractivity contribution >= 4 is 0 Å². The standard InChI is InChI=1S/C19H19NO/c1-14-3-5-16(6-4-14)7-8-17-9-10-18(13-15(17)2)19-20-11-12-21-19/h3-6,9-13H,7-8H2,1-2H3. The molecule has 0 aliphatic heterocycles. The molecule has 0 amide bonds. The molecular weight excluding hydrogens is 258 g/mol. The zero-order valence-electron chi connectivity index (χ0n) is 12.5. The largest absolute Gasteiger partial charge is 0.445 e. The van der Waals surface area contributed by atoms with Crippen LogP contribution in [0.5, 0.6) is 0 Å². The quantitative estimate of drug-likeness (QED) is 0.688. The lowest BCUT2D eigenvalue weighted by Crippen LogP contribution is -1.95. The summed E-state index contributed by atoms with van der Waals surface area (Å²) >= 11 is 0. The molecule has 0 radical (unpaired) electrons. The topological polar surface area (TPSA) is 26.0 Å². The van der Waals surface area contributed by atoms with Gasteiger partial charge in [0.05, 0.1) is 6.20 Å². The van der Waals surface area contributed by atoms with Crippen LogP contribution in [0.4, 0.5) is 0 Å². The van der Waals surface area contributed by atoms with E-state index in [0.29, 0.717) is 5.89 Å². The lowest BCUT2D eigenvalue weighted by molar-refractivity contribution is 0.574. The smallest absolute Gasteiger partial charge is 0.225 e. The molecule has 1 heterocycles. The Labute approximate surface area is 125 Å². The highest BCUT2D eigenvalue weighted by Crippen LogP contribution is 2.21. The van der Waals surface area contributed by atoms with E-state index in [9.17, 15) is 0 Å². The van der Waals surface area contributed by atoms with Crippen LogP contribution in [-0.4, -0.2) is 4.98 Å². The summed E-state index contributed by atoms with van der Waals surface area (Å²) in [5, 5.41) is 0. The van der Waals surface area contributed by atoms with Gasteiger partial charge in [-0.3, -0.25) is 0 Å². The van der Waals surface area contributed by atoms with Gasteiger partial charge in [0.25, 0.3) is 0 Å². The van der Waals surface area contributed by atoms with Crippen molar-refractivity contribution in [2.45, 2.75) is 26.7 Å². The molecule has 0 spiro atoms. The number of aryl methyl sites for hydroxylation is 4. The highest BCUT2D eigenvalue weighted by molar-refractivity contribution is 5.55. The molecular formula is C19H19NO. The molecule has 0 N–H and O–H groups in total. The highest BCUT2D eigenvalue weighted by atomic mass is 16.3. The van der Waals surface area contributed by atoms with E-state index < -0.39 is 0 Å². The first-order valence-corrected chi connectivity index (χ1v) is 7.27.